The molecule has 4 heteroatoms. The van der Waals surface area contributed by atoms with E-state index in [0.29, 0.717) is 16.1 Å². The molecule has 78 valence electrons. The van der Waals surface area contributed by atoms with E-state index in [2.05, 4.69) is 15.9 Å². The molecule has 1 aromatic rings. The minimum absolute atomic E-state index is 0.291. The molecule has 1 rings (SSSR count). The van der Waals surface area contributed by atoms with Crippen LogP contribution in [-0.2, 0) is 0 Å². The average molecular weight is 282 g/mol. The first-order valence-electron chi connectivity index (χ1n) is 4.15. The van der Waals surface area contributed by atoms with E-state index in [4.69, 9.17) is 16.3 Å². The van der Waals surface area contributed by atoms with Gasteiger partial charge in [0, 0.05) is 5.33 Å². The Bertz CT molecular complexity index is 328. The SMILES string of the molecule is CC(C)(CBr)Oc1ccc(F)cc1Cl. The maximum absolute atomic E-state index is 12.7. The minimum Gasteiger partial charge on any atom is -0.485 e. The second-order valence-corrected chi connectivity index (χ2v) is 4.54. The van der Waals surface area contributed by atoms with E-state index in [1.807, 2.05) is 13.8 Å². The van der Waals surface area contributed by atoms with Gasteiger partial charge in [0.05, 0.1) is 5.02 Å². The molecule has 0 radical (unpaired) electrons. The Morgan fingerprint density at radius 1 is 1.50 bits per heavy atom. The van der Waals surface area contributed by atoms with Crippen LogP contribution in [-0.4, -0.2) is 10.9 Å². The van der Waals surface area contributed by atoms with Crippen molar-refractivity contribution in [3.63, 3.8) is 0 Å². The molecule has 1 aromatic carbocycles. The molecule has 0 N–H and O–H groups in total. The van der Waals surface area contributed by atoms with Crippen molar-refractivity contribution in [2.45, 2.75) is 19.4 Å². The lowest BCUT2D eigenvalue weighted by molar-refractivity contribution is 0.137. The number of ether oxygens (including phenoxy) is 1. The molecular weight excluding hydrogens is 270 g/mol. The molecule has 14 heavy (non-hydrogen) atoms. The molecule has 0 bridgehead atoms. The molecule has 0 amide bonds. The maximum Gasteiger partial charge on any atom is 0.138 e. The monoisotopic (exact) mass is 280 g/mol. The standard InChI is InChI=1S/C10H11BrClFO/c1-10(2,6-11)14-9-4-3-7(13)5-8(9)12/h3-5H,6H2,1-2H3. The molecule has 0 saturated heterocycles. The lowest BCUT2D eigenvalue weighted by Gasteiger charge is -2.24. The minimum atomic E-state index is -0.362. The lowest BCUT2D eigenvalue weighted by Crippen LogP contribution is -2.29. The van der Waals surface area contributed by atoms with Crippen molar-refractivity contribution in [2.24, 2.45) is 0 Å². The van der Waals surface area contributed by atoms with Crippen molar-refractivity contribution >= 4 is 27.5 Å². The summed E-state index contributed by atoms with van der Waals surface area (Å²) in [5.74, 6) is 0.136. The Morgan fingerprint density at radius 2 is 2.14 bits per heavy atom. The van der Waals surface area contributed by atoms with Gasteiger partial charge >= 0.3 is 0 Å². The highest BCUT2D eigenvalue weighted by molar-refractivity contribution is 9.09. The van der Waals surface area contributed by atoms with E-state index in [-0.39, 0.29) is 11.4 Å². The van der Waals surface area contributed by atoms with E-state index < -0.39 is 0 Å². The first kappa shape index (κ1) is 11.8. The molecule has 0 spiro atoms. The predicted octanol–water partition coefficient (Wildman–Crippen LogP) is 4.03. The summed E-state index contributed by atoms with van der Waals surface area (Å²) in [5.41, 5.74) is -0.360. The van der Waals surface area contributed by atoms with Crippen LogP contribution in [0.25, 0.3) is 0 Å². The molecule has 0 aliphatic rings. The third kappa shape index (κ3) is 3.14. The van der Waals surface area contributed by atoms with Crippen LogP contribution in [0.15, 0.2) is 18.2 Å². The van der Waals surface area contributed by atoms with Crippen LogP contribution in [0.1, 0.15) is 13.8 Å². The highest BCUT2D eigenvalue weighted by atomic mass is 79.9. The third-order valence-electron chi connectivity index (χ3n) is 1.60. The summed E-state index contributed by atoms with van der Waals surface area (Å²) in [5, 5.41) is 0.965. The van der Waals surface area contributed by atoms with Gasteiger partial charge in [0.25, 0.3) is 0 Å². The molecule has 0 aliphatic heterocycles. The van der Waals surface area contributed by atoms with Crippen molar-refractivity contribution in [3.05, 3.63) is 29.0 Å². The Kier molecular flexibility index (Phi) is 3.78. The van der Waals surface area contributed by atoms with Crippen LogP contribution in [0.2, 0.25) is 5.02 Å². The van der Waals surface area contributed by atoms with Gasteiger partial charge in [-0.15, -0.1) is 0 Å². The first-order chi connectivity index (χ1) is 6.44. The molecule has 0 heterocycles. The van der Waals surface area contributed by atoms with E-state index in [0.717, 1.165) is 0 Å². The number of alkyl halides is 1. The highest BCUT2D eigenvalue weighted by Gasteiger charge is 2.19. The predicted molar refractivity (Wildman–Crippen MR) is 59.9 cm³/mol. The molecular formula is C10H11BrClFO. The van der Waals surface area contributed by atoms with Crippen LogP contribution < -0.4 is 4.74 Å². The Balaban J connectivity index is 2.87. The Morgan fingerprint density at radius 3 is 2.64 bits per heavy atom. The number of benzene rings is 1. The molecule has 0 unspecified atom stereocenters. The van der Waals surface area contributed by atoms with Crippen molar-refractivity contribution in [3.8, 4) is 5.75 Å². The third-order valence-corrected chi connectivity index (χ3v) is 3.25. The summed E-state index contributed by atoms with van der Waals surface area (Å²) >= 11 is 9.14. The number of rotatable bonds is 3. The van der Waals surface area contributed by atoms with E-state index in [9.17, 15) is 4.39 Å². The summed E-state index contributed by atoms with van der Waals surface area (Å²) in [4.78, 5) is 0. The highest BCUT2D eigenvalue weighted by Crippen LogP contribution is 2.28. The van der Waals surface area contributed by atoms with E-state index >= 15 is 0 Å². The number of hydrogen-bond acceptors (Lipinski definition) is 1. The van der Waals surface area contributed by atoms with Crippen molar-refractivity contribution in [1.82, 2.24) is 0 Å². The van der Waals surface area contributed by atoms with Crippen LogP contribution >= 0.6 is 27.5 Å². The van der Waals surface area contributed by atoms with Crippen LogP contribution in [0.5, 0.6) is 5.75 Å². The summed E-state index contributed by atoms with van der Waals surface area (Å²) < 4.78 is 18.3. The Hall–Kier alpha value is -0.280. The fourth-order valence-electron chi connectivity index (χ4n) is 0.883. The van der Waals surface area contributed by atoms with Crippen molar-refractivity contribution < 1.29 is 9.13 Å². The van der Waals surface area contributed by atoms with Gasteiger partial charge in [-0.2, -0.15) is 0 Å². The maximum atomic E-state index is 12.7. The quantitative estimate of drug-likeness (QED) is 0.760. The van der Waals surface area contributed by atoms with Gasteiger partial charge in [0.1, 0.15) is 17.2 Å². The van der Waals surface area contributed by atoms with E-state index in [1.54, 1.807) is 0 Å². The second kappa shape index (κ2) is 4.49. The fraction of sp³-hybridized carbons (Fsp3) is 0.400. The van der Waals surface area contributed by atoms with Crippen LogP contribution in [0.4, 0.5) is 4.39 Å². The molecule has 1 nitrogen and oxygen atoms in total. The van der Waals surface area contributed by atoms with Gasteiger partial charge < -0.3 is 4.74 Å². The van der Waals surface area contributed by atoms with Gasteiger partial charge in [-0.1, -0.05) is 27.5 Å². The summed E-state index contributed by atoms with van der Waals surface area (Å²) in [6, 6.07) is 4.09. The molecule has 0 saturated carbocycles. The zero-order valence-electron chi connectivity index (χ0n) is 7.98. The topological polar surface area (TPSA) is 9.23 Å². The zero-order chi connectivity index (χ0) is 10.8. The van der Waals surface area contributed by atoms with Crippen molar-refractivity contribution in [1.29, 1.82) is 0 Å². The molecule has 0 aromatic heterocycles. The first-order valence-corrected chi connectivity index (χ1v) is 5.64. The van der Waals surface area contributed by atoms with Gasteiger partial charge in [0.15, 0.2) is 0 Å². The van der Waals surface area contributed by atoms with Crippen LogP contribution in [0, 0.1) is 5.82 Å². The smallest absolute Gasteiger partial charge is 0.138 e. The van der Waals surface area contributed by atoms with Gasteiger partial charge in [-0.25, -0.2) is 4.39 Å². The zero-order valence-corrected chi connectivity index (χ0v) is 10.3. The molecule has 0 aliphatic carbocycles. The van der Waals surface area contributed by atoms with Gasteiger partial charge in [-0.05, 0) is 32.0 Å². The fourth-order valence-corrected chi connectivity index (χ4v) is 1.20. The van der Waals surface area contributed by atoms with E-state index in [1.165, 1.54) is 18.2 Å². The van der Waals surface area contributed by atoms with Crippen molar-refractivity contribution in [2.75, 3.05) is 5.33 Å². The molecule has 0 fully saturated rings. The Labute approximate surface area is 96.3 Å². The number of hydrogen-bond donors (Lipinski definition) is 0. The second-order valence-electron chi connectivity index (χ2n) is 3.57. The average Bonchev–Trinajstić information content (AvgIpc) is 2.10. The summed E-state index contributed by atoms with van der Waals surface area (Å²) in [6.45, 7) is 3.84. The van der Waals surface area contributed by atoms with Crippen LogP contribution in [0.3, 0.4) is 0 Å². The lowest BCUT2D eigenvalue weighted by atomic mass is 10.2. The normalized spacial score (nSPS) is 11.5. The van der Waals surface area contributed by atoms with Gasteiger partial charge in [0.2, 0.25) is 0 Å². The summed E-state index contributed by atoms with van der Waals surface area (Å²) in [7, 11) is 0. The molecule has 0 atom stereocenters. The largest absolute Gasteiger partial charge is 0.485 e. The number of halogens is 3. The van der Waals surface area contributed by atoms with Gasteiger partial charge in [-0.3, -0.25) is 0 Å². The summed E-state index contributed by atoms with van der Waals surface area (Å²) in [6.07, 6.45) is 0.